The number of hydrogen-bond acceptors (Lipinski definition) is 6. The van der Waals surface area contributed by atoms with Crippen LogP contribution < -0.4 is 0 Å². The molecule has 5 rings (SSSR count). The molecule has 4 heterocycles. The normalized spacial score (nSPS) is 17.5. The first kappa shape index (κ1) is 21.3. The summed E-state index contributed by atoms with van der Waals surface area (Å²) in [6.45, 7) is 4.45. The molecule has 11 heteroatoms. The second-order valence-corrected chi connectivity index (χ2v) is 9.89. The maximum absolute atomic E-state index is 13.6. The Labute approximate surface area is 190 Å². The summed E-state index contributed by atoms with van der Waals surface area (Å²) in [7, 11) is -3.81. The van der Waals surface area contributed by atoms with E-state index in [1.807, 2.05) is 25.1 Å². The number of aromatic nitrogens is 5. The van der Waals surface area contributed by atoms with E-state index < -0.39 is 10.0 Å². The molecule has 1 atom stereocenters. The van der Waals surface area contributed by atoms with Crippen LogP contribution in [0, 0.1) is 6.92 Å². The molecule has 0 aliphatic carbocycles. The highest BCUT2D eigenvalue weighted by atomic mass is 32.2. The van der Waals surface area contributed by atoms with Crippen LogP contribution in [0.15, 0.2) is 60.0 Å². The van der Waals surface area contributed by atoms with Gasteiger partial charge in [-0.2, -0.15) is 9.40 Å². The largest absolute Gasteiger partial charge is 0.357 e. The second kappa shape index (κ2) is 8.09. The molecule has 0 bridgehead atoms. The van der Waals surface area contributed by atoms with Gasteiger partial charge in [-0.1, -0.05) is 18.2 Å². The fourth-order valence-electron chi connectivity index (χ4n) is 4.22. The number of amides is 1. The lowest BCUT2D eigenvalue weighted by atomic mass is 10.1. The van der Waals surface area contributed by atoms with Gasteiger partial charge in [0.2, 0.25) is 10.0 Å². The number of carbonyl (C=O) groups is 1. The molecule has 170 valence electrons. The number of rotatable bonds is 4. The lowest BCUT2D eigenvalue weighted by molar-refractivity contribution is 0.0642. The Bertz CT molecular complexity index is 1430. The Morgan fingerprint density at radius 2 is 1.91 bits per heavy atom. The molecular weight excluding hydrogens is 442 g/mol. The highest BCUT2D eigenvalue weighted by molar-refractivity contribution is 7.89. The molecular formula is C22H23N7O3S. The Kier molecular flexibility index (Phi) is 5.22. The number of nitrogens with one attached hydrogen (secondary N) is 1. The highest BCUT2D eigenvalue weighted by Gasteiger charge is 2.36. The number of pyridine rings is 1. The lowest BCUT2D eigenvalue weighted by Crippen LogP contribution is -2.55. The average molecular weight is 466 g/mol. The van der Waals surface area contributed by atoms with Crippen LogP contribution >= 0.6 is 0 Å². The minimum absolute atomic E-state index is 0.0922. The summed E-state index contributed by atoms with van der Waals surface area (Å²) in [5.41, 5.74) is 1.16. The van der Waals surface area contributed by atoms with Crippen LogP contribution in [0.1, 0.15) is 23.1 Å². The average Bonchev–Trinajstić information content (AvgIpc) is 3.45. The molecule has 33 heavy (non-hydrogen) atoms. The quantitative estimate of drug-likeness (QED) is 0.493. The topological polar surface area (TPSA) is 117 Å². The van der Waals surface area contributed by atoms with Crippen molar-refractivity contribution in [3.8, 4) is 5.82 Å². The first-order chi connectivity index (χ1) is 15.9. The number of hydrogen-bond donors (Lipinski definition) is 1. The first-order valence-electron chi connectivity index (χ1n) is 10.6. The van der Waals surface area contributed by atoms with E-state index in [-0.39, 0.29) is 23.4 Å². The van der Waals surface area contributed by atoms with Crippen LogP contribution in [0.5, 0.6) is 0 Å². The van der Waals surface area contributed by atoms with Crippen LogP contribution in [-0.4, -0.2) is 73.9 Å². The summed E-state index contributed by atoms with van der Waals surface area (Å²) in [6, 6.07) is 10.3. The minimum atomic E-state index is -3.81. The van der Waals surface area contributed by atoms with Gasteiger partial charge in [-0.05, 0) is 32.0 Å². The molecule has 1 aliphatic heterocycles. The molecule has 1 N–H and O–H groups in total. The van der Waals surface area contributed by atoms with Gasteiger partial charge in [-0.15, -0.1) is 0 Å². The first-order valence-corrected chi connectivity index (χ1v) is 12.0. The third-order valence-electron chi connectivity index (χ3n) is 5.83. The summed E-state index contributed by atoms with van der Waals surface area (Å²) >= 11 is 0. The van der Waals surface area contributed by atoms with Crippen molar-refractivity contribution in [3.05, 3.63) is 66.5 Å². The van der Waals surface area contributed by atoms with Crippen molar-refractivity contribution in [1.82, 2.24) is 33.9 Å². The van der Waals surface area contributed by atoms with E-state index in [9.17, 15) is 13.2 Å². The van der Waals surface area contributed by atoms with Crippen molar-refractivity contribution in [2.75, 3.05) is 19.6 Å². The summed E-state index contributed by atoms with van der Waals surface area (Å²) in [4.78, 5) is 26.2. The number of benzene rings is 1. The van der Waals surface area contributed by atoms with Crippen LogP contribution in [-0.2, 0) is 10.0 Å². The van der Waals surface area contributed by atoms with Gasteiger partial charge >= 0.3 is 0 Å². The van der Waals surface area contributed by atoms with Gasteiger partial charge in [0.1, 0.15) is 17.0 Å². The van der Waals surface area contributed by atoms with Gasteiger partial charge in [-0.25, -0.2) is 23.1 Å². The molecule has 1 unspecified atom stereocenters. The van der Waals surface area contributed by atoms with E-state index in [0.717, 1.165) is 0 Å². The van der Waals surface area contributed by atoms with Crippen LogP contribution in [0.4, 0.5) is 0 Å². The predicted octanol–water partition coefficient (Wildman–Crippen LogP) is 1.99. The van der Waals surface area contributed by atoms with Crippen molar-refractivity contribution in [1.29, 1.82) is 0 Å². The number of fused-ring (bicyclic) bond motifs is 1. The number of sulfonamides is 1. The summed E-state index contributed by atoms with van der Waals surface area (Å²) in [5.74, 6) is 0.969. The van der Waals surface area contributed by atoms with Crippen molar-refractivity contribution < 1.29 is 13.2 Å². The summed E-state index contributed by atoms with van der Waals surface area (Å²) in [5, 5.41) is 4.81. The minimum Gasteiger partial charge on any atom is -0.357 e. The molecule has 0 radical (unpaired) electrons. The summed E-state index contributed by atoms with van der Waals surface area (Å²) in [6.07, 6.45) is 4.59. The lowest BCUT2D eigenvalue weighted by Gasteiger charge is -2.38. The molecule has 1 fully saturated rings. The standard InChI is InChI=1S/C22H23N7O3S/c1-15-13-27(22(30)17-6-4-3-5-7-17)10-11-29(15)33(31,32)19-12-24-20-18(19)8-9-23-21(20)28-14-25-16(2)26-28/h3-9,12,14-15,24H,10-11,13H2,1-2H3. The van der Waals surface area contributed by atoms with Gasteiger partial charge in [-0.3, -0.25) is 4.79 Å². The van der Waals surface area contributed by atoms with Gasteiger partial charge in [0.25, 0.3) is 5.91 Å². The zero-order valence-corrected chi connectivity index (χ0v) is 19.0. The van der Waals surface area contributed by atoms with Crippen molar-refractivity contribution in [2.24, 2.45) is 0 Å². The van der Waals surface area contributed by atoms with Gasteiger partial charge in [0.15, 0.2) is 5.82 Å². The van der Waals surface area contributed by atoms with Gasteiger partial charge < -0.3 is 9.88 Å². The molecule has 4 aromatic rings. The van der Waals surface area contributed by atoms with Crippen LogP contribution in [0.25, 0.3) is 16.7 Å². The van der Waals surface area contributed by atoms with Crippen molar-refractivity contribution in [3.63, 3.8) is 0 Å². The van der Waals surface area contributed by atoms with E-state index in [2.05, 4.69) is 20.1 Å². The fraction of sp³-hybridized carbons (Fsp3) is 0.273. The van der Waals surface area contributed by atoms with Gasteiger partial charge in [0, 0.05) is 49.0 Å². The van der Waals surface area contributed by atoms with E-state index in [0.29, 0.717) is 41.2 Å². The number of piperazine rings is 1. The molecule has 1 aliphatic rings. The fourth-order valence-corrected chi connectivity index (χ4v) is 5.99. The predicted molar refractivity (Wildman–Crippen MR) is 121 cm³/mol. The van der Waals surface area contributed by atoms with E-state index in [4.69, 9.17) is 0 Å². The highest BCUT2D eigenvalue weighted by Crippen LogP contribution is 2.30. The van der Waals surface area contributed by atoms with E-state index in [1.165, 1.54) is 21.5 Å². The third kappa shape index (κ3) is 3.68. The molecule has 10 nitrogen and oxygen atoms in total. The molecule has 0 spiro atoms. The number of aryl methyl sites for hydroxylation is 1. The Hall–Kier alpha value is -3.57. The molecule has 1 saturated heterocycles. The maximum atomic E-state index is 13.6. The molecule has 1 amide bonds. The van der Waals surface area contributed by atoms with Crippen LogP contribution in [0.2, 0.25) is 0 Å². The Morgan fingerprint density at radius 3 is 2.61 bits per heavy atom. The van der Waals surface area contributed by atoms with E-state index in [1.54, 1.807) is 36.2 Å². The smallest absolute Gasteiger partial charge is 0.253 e. The van der Waals surface area contributed by atoms with Gasteiger partial charge in [0.05, 0.1) is 5.52 Å². The zero-order chi connectivity index (χ0) is 23.2. The Morgan fingerprint density at radius 1 is 1.12 bits per heavy atom. The number of H-pyrrole nitrogens is 1. The monoisotopic (exact) mass is 465 g/mol. The number of carbonyl (C=O) groups excluding carboxylic acids is 1. The zero-order valence-electron chi connectivity index (χ0n) is 18.2. The number of nitrogens with zero attached hydrogens (tertiary/aromatic N) is 6. The summed E-state index contributed by atoms with van der Waals surface area (Å²) < 4.78 is 30.2. The number of aromatic amines is 1. The second-order valence-electron chi connectivity index (χ2n) is 8.03. The maximum Gasteiger partial charge on any atom is 0.253 e. The molecule has 0 saturated carbocycles. The van der Waals surface area contributed by atoms with E-state index >= 15 is 0 Å². The van der Waals surface area contributed by atoms with Crippen LogP contribution in [0.3, 0.4) is 0 Å². The molecule has 1 aromatic carbocycles. The van der Waals surface area contributed by atoms with Crippen molar-refractivity contribution in [2.45, 2.75) is 24.8 Å². The Balaban J connectivity index is 1.43. The van der Waals surface area contributed by atoms with Crippen molar-refractivity contribution >= 4 is 26.8 Å². The third-order valence-corrected chi connectivity index (χ3v) is 7.88. The molecule has 3 aromatic heterocycles. The SMILES string of the molecule is Cc1ncn(-c2nccc3c(S(=O)(=O)N4CCN(C(=O)c5ccccc5)CC4C)c[nH]c23)n1.